The van der Waals surface area contributed by atoms with Crippen LogP contribution in [-0.2, 0) is 19.1 Å². The number of carbonyl (C=O) groups is 2. The Morgan fingerprint density at radius 2 is 2.00 bits per heavy atom. The molecule has 1 saturated heterocycles. The summed E-state index contributed by atoms with van der Waals surface area (Å²) in [5, 5.41) is 7.03. The second-order valence-electron chi connectivity index (χ2n) is 4.49. The normalized spacial score (nSPS) is 34.0. The zero-order chi connectivity index (χ0) is 13.5. The van der Waals surface area contributed by atoms with E-state index in [1.165, 1.54) is 26.0 Å². The number of hydrogen-bond donors (Lipinski definition) is 0. The van der Waals surface area contributed by atoms with Gasteiger partial charge in [-0.1, -0.05) is 11.8 Å². The molecule has 100 valence electrons. The van der Waals surface area contributed by atoms with Crippen LogP contribution in [0.2, 0.25) is 0 Å². The number of hydrazone groups is 1. The molecule has 0 bridgehead atoms. The number of esters is 2. The lowest BCUT2D eigenvalue weighted by atomic mass is 9.91. The van der Waals surface area contributed by atoms with Gasteiger partial charge in [-0.3, -0.25) is 14.6 Å². The van der Waals surface area contributed by atoms with E-state index >= 15 is 0 Å². The van der Waals surface area contributed by atoms with Crippen LogP contribution in [0.3, 0.4) is 0 Å². The van der Waals surface area contributed by atoms with E-state index in [9.17, 15) is 9.59 Å². The van der Waals surface area contributed by atoms with Crippen LogP contribution in [0.15, 0.2) is 5.10 Å². The zero-order valence-corrected chi connectivity index (χ0v) is 11.6. The molecular formula is C11H16N2O4S. The minimum Gasteiger partial charge on any atom is -0.469 e. The molecule has 1 fully saturated rings. The van der Waals surface area contributed by atoms with Gasteiger partial charge in [-0.15, -0.1) is 0 Å². The molecule has 0 saturated carbocycles. The molecule has 0 aliphatic carbocycles. The fraction of sp³-hybridized carbons (Fsp3) is 0.727. The van der Waals surface area contributed by atoms with Crippen molar-refractivity contribution in [2.75, 3.05) is 20.8 Å². The summed E-state index contributed by atoms with van der Waals surface area (Å²) >= 11 is 1.49. The molecule has 3 atom stereocenters. The summed E-state index contributed by atoms with van der Waals surface area (Å²) in [6, 6.07) is 0. The molecule has 6 nitrogen and oxygen atoms in total. The Bertz CT molecular complexity index is 425. The summed E-state index contributed by atoms with van der Waals surface area (Å²) in [4.78, 5) is 23.2. The fourth-order valence-electron chi connectivity index (χ4n) is 2.62. The molecule has 2 aliphatic rings. The van der Waals surface area contributed by atoms with Gasteiger partial charge in [0.05, 0.1) is 31.7 Å². The van der Waals surface area contributed by atoms with Gasteiger partial charge in [0.2, 0.25) is 0 Å². The van der Waals surface area contributed by atoms with Crippen LogP contribution < -0.4 is 0 Å². The molecule has 0 aromatic carbocycles. The lowest BCUT2D eigenvalue weighted by molar-refractivity contribution is -0.156. The van der Waals surface area contributed by atoms with E-state index in [0.29, 0.717) is 6.54 Å². The maximum Gasteiger partial charge on any atom is 0.312 e. The standard InChI is InChI=1S/C11H16N2O4S/c1-6-12-13-5-7(9(14)16-3)8(10(15)17-4)11(13,2)18-6/h7-8H,5H2,1-4H3/t7-,8+,11-/m0/s1. The Hall–Kier alpha value is -1.24. The van der Waals surface area contributed by atoms with Crippen LogP contribution in [0.1, 0.15) is 13.8 Å². The highest BCUT2D eigenvalue weighted by Crippen LogP contribution is 2.51. The van der Waals surface area contributed by atoms with Crippen molar-refractivity contribution in [2.45, 2.75) is 18.7 Å². The average Bonchev–Trinajstić information content (AvgIpc) is 2.75. The Kier molecular flexibility index (Phi) is 3.27. The summed E-state index contributed by atoms with van der Waals surface area (Å²) in [6.07, 6.45) is 0. The van der Waals surface area contributed by atoms with E-state index in [-0.39, 0.29) is 0 Å². The van der Waals surface area contributed by atoms with E-state index in [1.807, 2.05) is 13.8 Å². The van der Waals surface area contributed by atoms with Gasteiger partial charge >= 0.3 is 11.9 Å². The molecule has 0 aromatic rings. The van der Waals surface area contributed by atoms with Crippen molar-refractivity contribution in [2.24, 2.45) is 16.9 Å². The highest BCUT2D eigenvalue weighted by atomic mass is 32.2. The van der Waals surface area contributed by atoms with E-state index in [0.717, 1.165) is 5.04 Å². The molecule has 2 rings (SSSR count). The van der Waals surface area contributed by atoms with E-state index in [2.05, 4.69) is 5.10 Å². The van der Waals surface area contributed by atoms with E-state index in [4.69, 9.17) is 9.47 Å². The maximum atomic E-state index is 12.0. The summed E-state index contributed by atoms with van der Waals surface area (Å²) in [7, 11) is 2.65. The van der Waals surface area contributed by atoms with Crippen LogP contribution in [0, 0.1) is 11.8 Å². The van der Waals surface area contributed by atoms with Gasteiger partial charge in [-0.05, 0) is 13.8 Å². The second kappa shape index (κ2) is 4.46. The van der Waals surface area contributed by atoms with Crippen LogP contribution in [0.5, 0.6) is 0 Å². The smallest absolute Gasteiger partial charge is 0.312 e. The van der Waals surface area contributed by atoms with Gasteiger partial charge in [0.15, 0.2) is 0 Å². The summed E-state index contributed by atoms with van der Waals surface area (Å²) in [6.45, 7) is 4.17. The Labute approximate surface area is 110 Å². The van der Waals surface area contributed by atoms with Gasteiger partial charge in [0.25, 0.3) is 0 Å². The minimum atomic E-state index is -0.568. The van der Waals surface area contributed by atoms with E-state index in [1.54, 1.807) is 5.01 Å². The quantitative estimate of drug-likeness (QED) is 0.688. The molecule has 0 spiro atoms. The molecule has 7 heteroatoms. The van der Waals surface area contributed by atoms with Gasteiger partial charge in [0, 0.05) is 0 Å². The highest BCUT2D eigenvalue weighted by molar-refractivity contribution is 8.15. The Morgan fingerprint density at radius 3 is 2.56 bits per heavy atom. The second-order valence-corrected chi connectivity index (χ2v) is 6.11. The molecule has 18 heavy (non-hydrogen) atoms. The average molecular weight is 272 g/mol. The van der Waals surface area contributed by atoms with Gasteiger partial charge in [0.1, 0.15) is 10.8 Å². The number of methoxy groups -OCH3 is 2. The topological polar surface area (TPSA) is 68.2 Å². The molecule has 0 amide bonds. The van der Waals surface area contributed by atoms with Gasteiger partial charge in [-0.25, -0.2) is 0 Å². The molecule has 0 radical (unpaired) electrons. The van der Waals surface area contributed by atoms with Gasteiger partial charge in [-0.2, -0.15) is 5.10 Å². The minimum absolute atomic E-state index is 0.382. The number of carbonyl (C=O) groups excluding carboxylic acids is 2. The lowest BCUT2D eigenvalue weighted by Gasteiger charge is -2.30. The number of ether oxygens (including phenoxy) is 2. The predicted octanol–water partition coefficient (Wildman–Crippen LogP) is 0.677. The van der Waals surface area contributed by atoms with Crippen LogP contribution >= 0.6 is 11.8 Å². The molecule has 0 unspecified atom stereocenters. The molecular weight excluding hydrogens is 256 g/mol. The SMILES string of the molecule is COC(=O)[C@H]1CN2N=C(C)S[C@@]2(C)[C@H]1C(=O)OC. The number of rotatable bonds is 2. The first-order chi connectivity index (χ1) is 8.43. The molecule has 0 aromatic heterocycles. The first kappa shape index (κ1) is 13.2. The van der Waals surface area contributed by atoms with Gasteiger partial charge < -0.3 is 9.47 Å². The van der Waals surface area contributed by atoms with Crippen molar-refractivity contribution >= 4 is 28.7 Å². The van der Waals surface area contributed by atoms with Crippen LogP contribution in [0.25, 0.3) is 0 Å². The lowest BCUT2D eigenvalue weighted by Crippen LogP contribution is -2.42. The Morgan fingerprint density at radius 1 is 1.39 bits per heavy atom. The predicted molar refractivity (Wildman–Crippen MR) is 66.8 cm³/mol. The maximum absolute atomic E-state index is 12.0. The van der Waals surface area contributed by atoms with Crippen molar-refractivity contribution in [3.63, 3.8) is 0 Å². The summed E-state index contributed by atoms with van der Waals surface area (Å²) in [5.74, 6) is -1.89. The third-order valence-electron chi connectivity index (χ3n) is 3.44. The monoisotopic (exact) mass is 272 g/mol. The van der Waals surface area contributed by atoms with Crippen LogP contribution in [0.4, 0.5) is 0 Å². The van der Waals surface area contributed by atoms with Crippen molar-refractivity contribution in [1.29, 1.82) is 0 Å². The largest absolute Gasteiger partial charge is 0.469 e. The molecule has 2 aliphatic heterocycles. The number of hydrogen-bond acceptors (Lipinski definition) is 7. The number of nitrogens with zero attached hydrogens (tertiary/aromatic N) is 2. The summed E-state index contributed by atoms with van der Waals surface area (Å²) < 4.78 is 9.60. The van der Waals surface area contributed by atoms with Crippen molar-refractivity contribution in [3.8, 4) is 0 Å². The molecule has 0 N–H and O–H groups in total. The zero-order valence-electron chi connectivity index (χ0n) is 10.8. The number of fused-ring (bicyclic) bond motifs is 1. The third-order valence-corrected chi connectivity index (χ3v) is 4.69. The highest BCUT2D eigenvalue weighted by Gasteiger charge is 2.60. The van der Waals surface area contributed by atoms with Crippen LogP contribution in [-0.4, -0.2) is 47.6 Å². The van der Waals surface area contributed by atoms with E-state index < -0.39 is 28.6 Å². The summed E-state index contributed by atoms with van der Waals surface area (Å²) in [5.41, 5.74) is 0. The number of thioether (sulfide) groups is 1. The molecule has 2 heterocycles. The Balaban J connectivity index is 2.35. The van der Waals surface area contributed by atoms with Crippen molar-refractivity contribution < 1.29 is 19.1 Å². The van der Waals surface area contributed by atoms with Crippen molar-refractivity contribution in [1.82, 2.24) is 5.01 Å². The first-order valence-electron chi connectivity index (χ1n) is 5.61. The van der Waals surface area contributed by atoms with Crippen molar-refractivity contribution in [3.05, 3.63) is 0 Å². The fourth-order valence-corrected chi connectivity index (χ4v) is 3.97. The first-order valence-corrected chi connectivity index (χ1v) is 6.43. The third kappa shape index (κ3) is 1.77.